The lowest BCUT2D eigenvalue weighted by molar-refractivity contribution is 0.677. The van der Waals surface area contributed by atoms with Crippen molar-refractivity contribution in [3.05, 3.63) is 110 Å². The van der Waals surface area contributed by atoms with Gasteiger partial charge in [-0.1, -0.05) is 56.3 Å². The van der Waals surface area contributed by atoms with Gasteiger partial charge in [-0.05, 0) is 56.0 Å². The second-order valence-corrected chi connectivity index (χ2v) is 10.6. The van der Waals surface area contributed by atoms with Crippen LogP contribution in [-0.4, -0.2) is 25.8 Å². The molecule has 0 atom stereocenters. The van der Waals surface area contributed by atoms with Crippen LogP contribution in [0.2, 0.25) is 0 Å². The molecule has 0 saturated carbocycles. The average Bonchev–Trinajstić information content (AvgIpc) is 3.27. The Morgan fingerprint density at radius 2 is 1.61 bits per heavy atom. The molecule has 0 radical (unpaired) electrons. The molecule has 0 amide bonds. The average molecular weight is 570 g/mol. The van der Waals surface area contributed by atoms with Crippen molar-refractivity contribution in [2.75, 3.05) is 0 Å². The quantitative estimate of drug-likeness (QED) is 0.163. The minimum atomic E-state index is -0.143. The Balaban J connectivity index is 1.63. The standard InChI is InChI=1S/C29H28BrN7O/c1-16(2)28-35-24-23(30)15-36(13-17-4-3-5-20(10-17)26(31)32)29(38)25(24)37(28)14-18-6-7-19-8-9-21(27(33)34)12-22(19)11-18/h3-12,15-16H,13-14H2,1-2H3,(H3,31,32)(H3,33,34). The molecular weight excluding hydrogens is 542 g/mol. The van der Waals surface area contributed by atoms with E-state index in [9.17, 15) is 4.79 Å². The molecule has 192 valence electrons. The van der Waals surface area contributed by atoms with E-state index in [-0.39, 0.29) is 23.1 Å². The normalized spacial score (nSPS) is 11.5. The minimum Gasteiger partial charge on any atom is -0.384 e. The van der Waals surface area contributed by atoms with Gasteiger partial charge in [0.25, 0.3) is 5.56 Å². The van der Waals surface area contributed by atoms with Crippen molar-refractivity contribution in [2.24, 2.45) is 11.5 Å². The summed E-state index contributed by atoms with van der Waals surface area (Å²) in [7, 11) is 0. The third-order valence-electron chi connectivity index (χ3n) is 6.62. The summed E-state index contributed by atoms with van der Waals surface area (Å²) in [5.74, 6) is 0.936. The molecule has 9 heteroatoms. The van der Waals surface area contributed by atoms with E-state index < -0.39 is 0 Å². The van der Waals surface area contributed by atoms with Gasteiger partial charge in [0.05, 0.1) is 11.0 Å². The van der Waals surface area contributed by atoms with E-state index in [4.69, 9.17) is 27.3 Å². The van der Waals surface area contributed by atoms with Crippen LogP contribution in [0, 0.1) is 10.8 Å². The first-order chi connectivity index (χ1) is 18.1. The lowest BCUT2D eigenvalue weighted by Crippen LogP contribution is -2.23. The van der Waals surface area contributed by atoms with Crippen LogP contribution in [-0.2, 0) is 13.1 Å². The van der Waals surface area contributed by atoms with E-state index in [0.29, 0.717) is 35.2 Å². The highest BCUT2D eigenvalue weighted by atomic mass is 79.9. The molecule has 2 heterocycles. The number of amidine groups is 2. The predicted molar refractivity (Wildman–Crippen MR) is 156 cm³/mol. The van der Waals surface area contributed by atoms with Crippen LogP contribution in [0.1, 0.15) is 47.8 Å². The zero-order chi connectivity index (χ0) is 27.1. The second-order valence-electron chi connectivity index (χ2n) is 9.74. The zero-order valence-corrected chi connectivity index (χ0v) is 22.7. The first kappa shape index (κ1) is 25.4. The van der Waals surface area contributed by atoms with Gasteiger partial charge < -0.3 is 20.6 Å². The number of rotatable bonds is 7. The highest BCUT2D eigenvalue weighted by Crippen LogP contribution is 2.27. The Morgan fingerprint density at radius 3 is 2.32 bits per heavy atom. The predicted octanol–water partition coefficient (Wildman–Crippen LogP) is 4.90. The van der Waals surface area contributed by atoms with Gasteiger partial charge in [-0.2, -0.15) is 0 Å². The number of nitrogens with zero attached hydrogens (tertiary/aromatic N) is 3. The number of hydrogen-bond acceptors (Lipinski definition) is 4. The molecule has 0 fully saturated rings. The van der Waals surface area contributed by atoms with Crippen LogP contribution in [0.3, 0.4) is 0 Å². The van der Waals surface area contributed by atoms with Gasteiger partial charge >= 0.3 is 0 Å². The van der Waals surface area contributed by atoms with E-state index in [2.05, 4.69) is 41.9 Å². The van der Waals surface area contributed by atoms with E-state index in [1.54, 1.807) is 16.8 Å². The Hall–Kier alpha value is -4.24. The van der Waals surface area contributed by atoms with Crippen molar-refractivity contribution < 1.29 is 0 Å². The van der Waals surface area contributed by atoms with Gasteiger partial charge in [-0.3, -0.25) is 15.6 Å². The van der Waals surface area contributed by atoms with Crippen molar-refractivity contribution in [1.29, 1.82) is 10.8 Å². The van der Waals surface area contributed by atoms with Crippen molar-refractivity contribution in [3.8, 4) is 0 Å². The third kappa shape index (κ3) is 4.72. The zero-order valence-electron chi connectivity index (χ0n) is 21.1. The summed E-state index contributed by atoms with van der Waals surface area (Å²) in [5, 5.41) is 17.5. The van der Waals surface area contributed by atoms with Gasteiger partial charge in [0.15, 0.2) is 0 Å². The summed E-state index contributed by atoms with van der Waals surface area (Å²) >= 11 is 3.65. The molecule has 2 aromatic heterocycles. The van der Waals surface area contributed by atoms with Crippen LogP contribution in [0.4, 0.5) is 0 Å². The van der Waals surface area contributed by atoms with Gasteiger partial charge in [-0.25, -0.2) is 4.98 Å². The maximum absolute atomic E-state index is 13.9. The number of hydrogen-bond donors (Lipinski definition) is 4. The molecule has 5 rings (SSSR count). The fourth-order valence-corrected chi connectivity index (χ4v) is 5.27. The van der Waals surface area contributed by atoms with Crippen LogP contribution >= 0.6 is 15.9 Å². The fraction of sp³-hybridized carbons (Fsp3) is 0.172. The molecule has 0 spiro atoms. The molecule has 38 heavy (non-hydrogen) atoms. The fourth-order valence-electron chi connectivity index (χ4n) is 4.74. The van der Waals surface area contributed by atoms with Gasteiger partial charge in [-0.15, -0.1) is 0 Å². The molecule has 6 N–H and O–H groups in total. The number of nitrogen functional groups attached to an aromatic ring is 2. The van der Waals surface area contributed by atoms with E-state index >= 15 is 0 Å². The van der Waals surface area contributed by atoms with Gasteiger partial charge in [0.1, 0.15) is 28.5 Å². The molecule has 0 saturated heterocycles. The van der Waals surface area contributed by atoms with Crippen molar-refractivity contribution in [3.63, 3.8) is 0 Å². The number of nitrogens with two attached hydrogens (primary N) is 2. The van der Waals surface area contributed by atoms with Crippen LogP contribution < -0.4 is 17.0 Å². The SMILES string of the molecule is CC(C)c1nc2c(Br)cn(Cc3cccc(C(=N)N)c3)c(=O)c2n1Cc1ccc2ccc(C(=N)N)cc2c1. The van der Waals surface area contributed by atoms with Crippen LogP contribution in [0.15, 0.2) is 76.1 Å². The highest BCUT2D eigenvalue weighted by Gasteiger charge is 2.20. The van der Waals surface area contributed by atoms with E-state index in [0.717, 1.165) is 32.2 Å². The molecule has 0 bridgehead atoms. The molecule has 0 aliphatic heterocycles. The lowest BCUT2D eigenvalue weighted by atomic mass is 10.0. The summed E-state index contributed by atoms with van der Waals surface area (Å²) < 4.78 is 4.40. The number of halogens is 1. The van der Waals surface area contributed by atoms with Crippen molar-refractivity contribution >= 4 is 49.4 Å². The maximum atomic E-state index is 13.9. The number of imidazole rings is 1. The summed E-state index contributed by atoms with van der Waals surface area (Å²) in [6, 6.07) is 19.2. The topological polar surface area (TPSA) is 140 Å². The number of nitrogens with one attached hydrogen (secondary N) is 2. The lowest BCUT2D eigenvalue weighted by Gasteiger charge is -2.14. The molecule has 0 aliphatic carbocycles. The van der Waals surface area contributed by atoms with E-state index in [1.807, 2.05) is 47.0 Å². The molecule has 3 aromatic carbocycles. The minimum absolute atomic E-state index is 0.0127. The summed E-state index contributed by atoms with van der Waals surface area (Å²) in [4.78, 5) is 18.7. The molecule has 5 aromatic rings. The van der Waals surface area contributed by atoms with Crippen LogP contribution in [0.5, 0.6) is 0 Å². The molecule has 8 nitrogen and oxygen atoms in total. The first-order valence-corrected chi connectivity index (χ1v) is 13.0. The van der Waals surface area contributed by atoms with E-state index in [1.165, 1.54) is 0 Å². The Bertz CT molecular complexity index is 1800. The second kappa shape index (κ2) is 9.90. The highest BCUT2D eigenvalue weighted by molar-refractivity contribution is 9.10. The smallest absolute Gasteiger partial charge is 0.277 e. The van der Waals surface area contributed by atoms with Gasteiger partial charge in [0.2, 0.25) is 0 Å². The Morgan fingerprint density at radius 1 is 0.921 bits per heavy atom. The number of benzene rings is 3. The number of fused-ring (bicyclic) bond motifs is 2. The first-order valence-electron chi connectivity index (χ1n) is 12.2. The largest absolute Gasteiger partial charge is 0.384 e. The number of pyridine rings is 1. The molecule has 0 unspecified atom stereocenters. The number of aromatic nitrogens is 3. The molecular formula is C29H28BrN7O. The van der Waals surface area contributed by atoms with Gasteiger partial charge in [0, 0.05) is 29.8 Å². The van der Waals surface area contributed by atoms with Crippen LogP contribution in [0.25, 0.3) is 21.8 Å². The monoisotopic (exact) mass is 569 g/mol. The third-order valence-corrected chi connectivity index (χ3v) is 7.20. The van der Waals surface area contributed by atoms with Crippen molar-refractivity contribution in [1.82, 2.24) is 14.1 Å². The van der Waals surface area contributed by atoms with Crippen molar-refractivity contribution in [2.45, 2.75) is 32.9 Å². The Labute approximate surface area is 228 Å². The maximum Gasteiger partial charge on any atom is 0.277 e. The summed E-state index contributed by atoms with van der Waals surface area (Å²) in [5.41, 5.74) is 15.6. The Kier molecular flexibility index (Phi) is 6.62. The summed E-state index contributed by atoms with van der Waals surface area (Å²) in [6.45, 7) is 4.93. The summed E-state index contributed by atoms with van der Waals surface area (Å²) in [6.07, 6.45) is 1.77. The molecule has 0 aliphatic rings.